The minimum absolute atomic E-state index is 0.894. The Morgan fingerprint density at radius 1 is 0.320 bits per heavy atom. The third-order valence-electron chi connectivity index (χ3n) is 10.0. The van der Waals surface area contributed by atoms with E-state index in [0.717, 1.165) is 50.1 Å². The molecular weight excluding hydrogens is 607 g/mol. The summed E-state index contributed by atoms with van der Waals surface area (Å²) < 4.78 is 6.39. The number of para-hydroxylation sites is 1. The van der Waals surface area contributed by atoms with Crippen molar-refractivity contribution in [3.05, 3.63) is 188 Å². The van der Waals surface area contributed by atoms with E-state index in [2.05, 4.69) is 193 Å². The van der Waals surface area contributed by atoms with Crippen LogP contribution in [0.15, 0.2) is 192 Å². The van der Waals surface area contributed by atoms with E-state index in [1.807, 2.05) is 0 Å². The fraction of sp³-hybridized carbons (Fsp3) is 0. The zero-order valence-electron chi connectivity index (χ0n) is 27.3. The molecule has 0 radical (unpaired) electrons. The summed E-state index contributed by atoms with van der Waals surface area (Å²) in [5, 5.41) is 9.58. The lowest BCUT2D eigenvalue weighted by atomic mass is 9.97. The first-order chi connectivity index (χ1) is 24.8. The van der Waals surface area contributed by atoms with Crippen molar-refractivity contribution in [3.8, 4) is 22.3 Å². The van der Waals surface area contributed by atoms with Gasteiger partial charge in [-0.2, -0.15) is 0 Å². The van der Waals surface area contributed by atoms with Crippen molar-refractivity contribution in [1.82, 2.24) is 0 Å². The van der Waals surface area contributed by atoms with Crippen LogP contribution in [0.3, 0.4) is 0 Å². The van der Waals surface area contributed by atoms with Gasteiger partial charge in [0.1, 0.15) is 11.2 Å². The summed E-state index contributed by atoms with van der Waals surface area (Å²) in [7, 11) is 0. The van der Waals surface area contributed by atoms with Gasteiger partial charge in [0, 0.05) is 27.4 Å². The molecule has 2 heteroatoms. The van der Waals surface area contributed by atoms with E-state index in [4.69, 9.17) is 4.42 Å². The van der Waals surface area contributed by atoms with Crippen LogP contribution in [0.5, 0.6) is 0 Å². The molecule has 0 atom stereocenters. The van der Waals surface area contributed by atoms with Gasteiger partial charge in [-0.25, -0.2) is 0 Å². The normalized spacial score (nSPS) is 11.6. The van der Waals surface area contributed by atoms with Crippen LogP contribution in [-0.4, -0.2) is 0 Å². The van der Waals surface area contributed by atoms with Gasteiger partial charge in [-0.15, -0.1) is 0 Å². The minimum Gasteiger partial charge on any atom is -0.456 e. The fourth-order valence-electron chi connectivity index (χ4n) is 7.60. The molecule has 0 aliphatic rings. The highest BCUT2D eigenvalue weighted by Crippen LogP contribution is 2.45. The number of anilines is 3. The van der Waals surface area contributed by atoms with E-state index >= 15 is 0 Å². The first kappa shape index (κ1) is 28.4. The molecule has 9 aromatic carbocycles. The van der Waals surface area contributed by atoms with Crippen LogP contribution in [0.2, 0.25) is 0 Å². The van der Waals surface area contributed by atoms with Crippen LogP contribution in [0.4, 0.5) is 17.1 Å². The third kappa shape index (κ3) is 4.65. The number of fused-ring (bicyclic) bond motifs is 7. The highest BCUT2D eigenvalue weighted by Gasteiger charge is 2.20. The Kier molecular flexibility index (Phi) is 6.53. The van der Waals surface area contributed by atoms with E-state index in [-0.39, 0.29) is 0 Å². The number of hydrogen-bond acceptors (Lipinski definition) is 2. The quantitative estimate of drug-likeness (QED) is 0.175. The van der Waals surface area contributed by atoms with Gasteiger partial charge in [0.15, 0.2) is 0 Å². The topological polar surface area (TPSA) is 16.4 Å². The second kappa shape index (κ2) is 11.5. The average Bonchev–Trinajstić information content (AvgIpc) is 3.54. The van der Waals surface area contributed by atoms with Crippen LogP contribution < -0.4 is 4.90 Å². The molecule has 1 aromatic heterocycles. The van der Waals surface area contributed by atoms with Gasteiger partial charge < -0.3 is 9.32 Å². The Labute approximate surface area is 290 Å². The largest absolute Gasteiger partial charge is 0.456 e. The van der Waals surface area contributed by atoms with Gasteiger partial charge in [0.25, 0.3) is 0 Å². The highest BCUT2D eigenvalue weighted by atomic mass is 16.3. The molecule has 0 unspecified atom stereocenters. The predicted molar refractivity (Wildman–Crippen MR) is 212 cm³/mol. The Balaban J connectivity index is 1.19. The summed E-state index contributed by atoms with van der Waals surface area (Å²) in [5.74, 6) is 0. The Bertz CT molecular complexity index is 2870. The fourth-order valence-corrected chi connectivity index (χ4v) is 7.60. The lowest BCUT2D eigenvalue weighted by molar-refractivity contribution is 0.669. The Morgan fingerprint density at radius 2 is 0.960 bits per heavy atom. The number of furan rings is 1. The average molecular weight is 638 g/mol. The second-order valence-corrected chi connectivity index (χ2v) is 12.9. The summed E-state index contributed by atoms with van der Waals surface area (Å²) in [6, 6.07) is 67.6. The van der Waals surface area contributed by atoms with Crippen LogP contribution in [-0.2, 0) is 0 Å². The lowest BCUT2D eigenvalue weighted by Crippen LogP contribution is -2.11. The van der Waals surface area contributed by atoms with Crippen molar-refractivity contribution in [3.63, 3.8) is 0 Å². The molecule has 10 aromatic rings. The molecule has 0 N–H and O–H groups in total. The van der Waals surface area contributed by atoms with Gasteiger partial charge in [-0.05, 0) is 92.2 Å². The molecule has 0 aliphatic heterocycles. The molecular formula is C48H31NO. The summed E-state index contributed by atoms with van der Waals surface area (Å²) >= 11 is 0. The monoisotopic (exact) mass is 637 g/mol. The SMILES string of the molecule is c1ccc(-c2ccc(N(c3ccccc3-c3ccc4oc5cc6ccccc6cc5c4c3)c3cccc4c3ccc3ccccc34)cc2)cc1. The van der Waals surface area contributed by atoms with Crippen molar-refractivity contribution in [2.24, 2.45) is 0 Å². The number of hydrogen-bond donors (Lipinski definition) is 0. The molecule has 234 valence electrons. The third-order valence-corrected chi connectivity index (χ3v) is 10.0. The number of nitrogens with zero attached hydrogens (tertiary/aromatic N) is 1. The maximum atomic E-state index is 6.39. The Morgan fingerprint density at radius 3 is 1.82 bits per heavy atom. The van der Waals surface area contributed by atoms with Crippen molar-refractivity contribution in [1.29, 1.82) is 0 Å². The molecule has 0 saturated heterocycles. The van der Waals surface area contributed by atoms with Gasteiger partial charge >= 0.3 is 0 Å². The van der Waals surface area contributed by atoms with E-state index in [1.165, 1.54) is 43.4 Å². The minimum atomic E-state index is 0.894. The standard InChI is InChI=1S/C48H31NO/c1-2-11-32(12-3-1)33-21-25-38(26-22-33)49(46-20-10-18-41-39-16-7-6-13-34(39)23-27-42(41)46)45-19-9-8-17-40(45)37-24-28-47-43(30-37)44-29-35-14-4-5-15-36(35)31-48(44)50-47/h1-31H. The van der Waals surface area contributed by atoms with Gasteiger partial charge in [0.05, 0.1) is 11.4 Å². The van der Waals surface area contributed by atoms with Crippen molar-refractivity contribution >= 4 is 71.3 Å². The molecule has 0 amide bonds. The summed E-state index contributed by atoms with van der Waals surface area (Å²) in [6.45, 7) is 0. The first-order valence-corrected chi connectivity index (χ1v) is 17.1. The zero-order chi connectivity index (χ0) is 33.0. The molecule has 10 rings (SSSR count). The number of rotatable bonds is 5. The van der Waals surface area contributed by atoms with Crippen LogP contribution >= 0.6 is 0 Å². The predicted octanol–water partition coefficient (Wildman–Crippen LogP) is 13.8. The van der Waals surface area contributed by atoms with Gasteiger partial charge in [-0.1, -0.05) is 140 Å². The second-order valence-electron chi connectivity index (χ2n) is 12.9. The van der Waals surface area contributed by atoms with Crippen molar-refractivity contribution < 1.29 is 4.42 Å². The zero-order valence-corrected chi connectivity index (χ0v) is 27.3. The molecule has 50 heavy (non-hydrogen) atoms. The van der Waals surface area contributed by atoms with E-state index in [9.17, 15) is 0 Å². The van der Waals surface area contributed by atoms with Crippen molar-refractivity contribution in [2.75, 3.05) is 4.90 Å². The van der Waals surface area contributed by atoms with Crippen LogP contribution in [0.25, 0.3) is 76.5 Å². The Hall–Kier alpha value is -6.64. The first-order valence-electron chi connectivity index (χ1n) is 17.1. The summed E-state index contributed by atoms with van der Waals surface area (Å²) in [5.41, 5.74) is 9.83. The molecule has 0 fully saturated rings. The molecule has 1 heterocycles. The molecule has 2 nitrogen and oxygen atoms in total. The maximum absolute atomic E-state index is 6.39. The van der Waals surface area contributed by atoms with E-state index < -0.39 is 0 Å². The van der Waals surface area contributed by atoms with E-state index in [0.29, 0.717) is 0 Å². The molecule has 0 bridgehead atoms. The summed E-state index contributed by atoms with van der Waals surface area (Å²) in [6.07, 6.45) is 0. The molecule has 0 aliphatic carbocycles. The smallest absolute Gasteiger partial charge is 0.136 e. The molecule has 0 spiro atoms. The van der Waals surface area contributed by atoms with Crippen molar-refractivity contribution in [2.45, 2.75) is 0 Å². The lowest BCUT2D eigenvalue weighted by Gasteiger charge is -2.29. The van der Waals surface area contributed by atoms with E-state index in [1.54, 1.807) is 0 Å². The number of benzene rings is 9. The van der Waals surface area contributed by atoms with Gasteiger partial charge in [0.2, 0.25) is 0 Å². The maximum Gasteiger partial charge on any atom is 0.136 e. The van der Waals surface area contributed by atoms with Crippen LogP contribution in [0, 0.1) is 0 Å². The van der Waals surface area contributed by atoms with Crippen LogP contribution in [0.1, 0.15) is 0 Å². The summed E-state index contributed by atoms with van der Waals surface area (Å²) in [4.78, 5) is 2.42. The highest BCUT2D eigenvalue weighted by molar-refractivity contribution is 6.14. The van der Waals surface area contributed by atoms with Gasteiger partial charge in [-0.3, -0.25) is 0 Å². The molecule has 0 saturated carbocycles.